The maximum Gasteiger partial charge on any atom is 0.254 e. The zero-order valence-electron chi connectivity index (χ0n) is 17.3. The van der Waals surface area contributed by atoms with Gasteiger partial charge in [0.05, 0.1) is 0 Å². The molecule has 0 aliphatic carbocycles. The van der Waals surface area contributed by atoms with E-state index in [-0.39, 0.29) is 30.3 Å². The maximum atomic E-state index is 12.2. The van der Waals surface area contributed by atoms with E-state index in [0.717, 1.165) is 5.56 Å². The summed E-state index contributed by atoms with van der Waals surface area (Å²) in [6, 6.07) is 9.02. The first-order valence-corrected chi connectivity index (χ1v) is 10.9. The molecule has 0 aliphatic heterocycles. The van der Waals surface area contributed by atoms with Gasteiger partial charge in [-0.2, -0.15) is 5.10 Å². The van der Waals surface area contributed by atoms with Crippen molar-refractivity contribution < 1.29 is 9.59 Å². The lowest BCUT2D eigenvalue weighted by Gasteiger charge is -2.09. The van der Waals surface area contributed by atoms with Crippen molar-refractivity contribution in [2.45, 2.75) is 38.0 Å². The molecule has 3 rings (SSSR count). The molecule has 0 spiro atoms. The van der Waals surface area contributed by atoms with Crippen molar-refractivity contribution in [3.63, 3.8) is 0 Å². The molecule has 0 saturated heterocycles. The monoisotopic (exact) mass is 440 g/mol. The molecule has 0 saturated carbocycles. The lowest BCUT2D eigenvalue weighted by Crippen LogP contribution is -2.25. The number of anilines is 1. The van der Waals surface area contributed by atoms with Gasteiger partial charge in [0.1, 0.15) is 6.54 Å². The lowest BCUT2D eigenvalue weighted by molar-refractivity contribution is -0.121. The van der Waals surface area contributed by atoms with E-state index in [1.165, 1.54) is 16.4 Å². The number of carbonyl (C=O) groups is 2. The van der Waals surface area contributed by atoms with E-state index in [1.54, 1.807) is 37.5 Å². The Balaban J connectivity index is 1.50. The molecule has 1 aromatic carbocycles. The second-order valence-corrected chi connectivity index (χ2v) is 7.66. The third kappa shape index (κ3) is 6.54. The van der Waals surface area contributed by atoms with Crippen LogP contribution in [0.1, 0.15) is 23.2 Å². The average Bonchev–Trinajstić information content (AvgIpc) is 3.24. The number of aromatic nitrogens is 4. The van der Waals surface area contributed by atoms with Crippen LogP contribution in [0, 0.1) is 6.92 Å². The summed E-state index contributed by atoms with van der Waals surface area (Å²) in [7, 11) is 0. The molecule has 0 radical (unpaired) electrons. The van der Waals surface area contributed by atoms with Crippen LogP contribution in [0.3, 0.4) is 0 Å². The first-order valence-electron chi connectivity index (χ1n) is 9.71. The first-order chi connectivity index (χ1) is 14.9. The third-order valence-electron chi connectivity index (χ3n) is 4.56. The molecule has 10 heteroatoms. The topological polar surface area (TPSA) is 122 Å². The predicted molar refractivity (Wildman–Crippen MR) is 119 cm³/mol. The van der Waals surface area contributed by atoms with Crippen LogP contribution >= 0.6 is 11.8 Å². The van der Waals surface area contributed by atoms with Crippen molar-refractivity contribution in [2.75, 3.05) is 11.6 Å². The number of rotatable bonds is 9. The van der Waals surface area contributed by atoms with Crippen molar-refractivity contribution >= 4 is 29.3 Å². The lowest BCUT2D eigenvalue weighted by atomic mass is 10.1. The van der Waals surface area contributed by atoms with Crippen LogP contribution in [-0.2, 0) is 29.1 Å². The fourth-order valence-electron chi connectivity index (χ4n) is 3.00. The number of amides is 2. The summed E-state index contributed by atoms with van der Waals surface area (Å²) in [6.07, 6.45) is 5.67. The van der Waals surface area contributed by atoms with Gasteiger partial charge in [0.25, 0.3) is 5.56 Å². The Morgan fingerprint density at radius 1 is 1.23 bits per heavy atom. The van der Waals surface area contributed by atoms with Gasteiger partial charge in [-0.05, 0) is 43.4 Å². The second kappa shape index (κ2) is 10.6. The predicted octanol–water partition coefficient (Wildman–Crippen LogP) is 1.88. The number of H-pyrrole nitrogens is 1. The summed E-state index contributed by atoms with van der Waals surface area (Å²) < 4.78 is 1.54. The van der Waals surface area contributed by atoms with Gasteiger partial charge < -0.3 is 15.6 Å². The molecule has 0 atom stereocenters. The van der Waals surface area contributed by atoms with E-state index < -0.39 is 0 Å². The smallest absolute Gasteiger partial charge is 0.254 e. The molecule has 3 aromatic rings. The third-order valence-corrected chi connectivity index (χ3v) is 5.14. The Morgan fingerprint density at radius 2 is 2.06 bits per heavy atom. The first kappa shape index (κ1) is 22.3. The van der Waals surface area contributed by atoms with E-state index in [1.807, 2.05) is 18.4 Å². The molecule has 0 bridgehead atoms. The summed E-state index contributed by atoms with van der Waals surface area (Å²) in [4.78, 5) is 43.5. The molecule has 31 heavy (non-hydrogen) atoms. The number of aromatic amines is 1. The minimum absolute atomic E-state index is 0.124. The Hall–Kier alpha value is -3.40. The van der Waals surface area contributed by atoms with Crippen LogP contribution in [0.25, 0.3) is 0 Å². The van der Waals surface area contributed by atoms with Crippen molar-refractivity contribution in [1.29, 1.82) is 0 Å². The molecule has 9 nitrogen and oxygen atoms in total. The molecule has 2 amide bonds. The Morgan fingerprint density at radius 3 is 2.77 bits per heavy atom. The number of thioether (sulfide) groups is 1. The van der Waals surface area contributed by atoms with Crippen molar-refractivity contribution in [3.8, 4) is 0 Å². The standard InChI is InChI=1S/C21H24N6O3S/c1-14-17(20(30)26-21(24-14)31-2)7-8-18(28)22-12-15-5-3-6-16(11-15)25-19(29)13-27-10-4-9-23-27/h3-6,9-11H,7-8,12-13H2,1-2H3,(H,22,28)(H,25,29)(H,24,26,30). The molecular weight excluding hydrogens is 416 g/mol. The van der Waals surface area contributed by atoms with Crippen molar-refractivity contribution in [1.82, 2.24) is 25.1 Å². The van der Waals surface area contributed by atoms with Crippen molar-refractivity contribution in [2.24, 2.45) is 0 Å². The summed E-state index contributed by atoms with van der Waals surface area (Å²) in [5, 5.41) is 10.2. The van der Waals surface area contributed by atoms with Crippen LogP contribution in [0.5, 0.6) is 0 Å². The number of nitrogens with zero attached hydrogens (tertiary/aromatic N) is 3. The summed E-state index contributed by atoms with van der Waals surface area (Å²) in [5.41, 5.74) is 2.45. The molecule has 0 fully saturated rings. The zero-order valence-corrected chi connectivity index (χ0v) is 18.2. The minimum Gasteiger partial charge on any atom is -0.352 e. The molecular formula is C21H24N6O3S. The van der Waals surface area contributed by atoms with Crippen molar-refractivity contribution in [3.05, 3.63) is 69.9 Å². The molecule has 2 heterocycles. The molecule has 162 valence electrons. The van der Waals surface area contributed by atoms with E-state index in [9.17, 15) is 14.4 Å². The van der Waals surface area contributed by atoms with Crippen LogP contribution in [0.15, 0.2) is 52.7 Å². The maximum absolute atomic E-state index is 12.2. The van der Waals surface area contributed by atoms with E-state index in [4.69, 9.17) is 0 Å². The fraction of sp³-hybridized carbons (Fsp3) is 0.286. The van der Waals surface area contributed by atoms with Crippen LogP contribution < -0.4 is 16.2 Å². The minimum atomic E-state index is -0.205. The molecule has 0 unspecified atom stereocenters. The fourth-order valence-corrected chi connectivity index (χ4v) is 3.43. The Kier molecular flexibility index (Phi) is 7.60. The van der Waals surface area contributed by atoms with Crippen LogP contribution in [0.4, 0.5) is 5.69 Å². The summed E-state index contributed by atoms with van der Waals surface area (Å²) >= 11 is 1.36. The zero-order chi connectivity index (χ0) is 22.2. The highest BCUT2D eigenvalue weighted by molar-refractivity contribution is 7.98. The second-order valence-electron chi connectivity index (χ2n) is 6.87. The van der Waals surface area contributed by atoms with Gasteiger partial charge >= 0.3 is 0 Å². The number of carbonyl (C=O) groups excluding carboxylic acids is 2. The van der Waals surface area contributed by atoms with Gasteiger partial charge in [-0.25, -0.2) is 4.98 Å². The van der Waals surface area contributed by atoms with Crippen LogP contribution in [-0.4, -0.2) is 37.8 Å². The number of hydrogen-bond acceptors (Lipinski definition) is 6. The van der Waals surface area contributed by atoms with E-state index in [2.05, 4.69) is 25.7 Å². The number of aryl methyl sites for hydroxylation is 1. The van der Waals surface area contributed by atoms with Gasteiger partial charge in [-0.3, -0.25) is 19.1 Å². The average molecular weight is 441 g/mol. The van der Waals surface area contributed by atoms with Crippen LogP contribution in [0.2, 0.25) is 0 Å². The Bertz CT molecular complexity index is 1110. The van der Waals surface area contributed by atoms with E-state index >= 15 is 0 Å². The van der Waals surface area contributed by atoms with E-state index in [0.29, 0.717) is 35.1 Å². The Labute approximate surface area is 183 Å². The quantitative estimate of drug-likeness (QED) is 0.345. The van der Waals surface area contributed by atoms with Gasteiger partial charge in [0, 0.05) is 42.3 Å². The number of benzene rings is 1. The van der Waals surface area contributed by atoms with Gasteiger partial charge in [-0.1, -0.05) is 23.9 Å². The SMILES string of the molecule is CSc1nc(C)c(CCC(=O)NCc2cccc(NC(=O)Cn3cccn3)c2)c(=O)[nH]1. The summed E-state index contributed by atoms with van der Waals surface area (Å²) in [6.45, 7) is 2.22. The normalized spacial score (nSPS) is 10.6. The number of nitrogens with one attached hydrogen (secondary N) is 3. The van der Waals surface area contributed by atoms with Gasteiger partial charge in [0.2, 0.25) is 11.8 Å². The highest BCUT2D eigenvalue weighted by atomic mass is 32.2. The van der Waals surface area contributed by atoms with Gasteiger partial charge in [-0.15, -0.1) is 0 Å². The largest absolute Gasteiger partial charge is 0.352 e. The molecule has 2 aromatic heterocycles. The molecule has 0 aliphatic rings. The highest BCUT2D eigenvalue weighted by Gasteiger charge is 2.11. The molecule has 3 N–H and O–H groups in total. The highest BCUT2D eigenvalue weighted by Crippen LogP contribution is 2.12. The summed E-state index contributed by atoms with van der Waals surface area (Å²) in [5.74, 6) is -0.354. The van der Waals surface area contributed by atoms with Gasteiger partial charge in [0.15, 0.2) is 5.16 Å². The number of hydrogen-bond donors (Lipinski definition) is 3.